The van der Waals surface area contributed by atoms with Crippen LogP contribution >= 0.6 is 0 Å². The van der Waals surface area contributed by atoms with Gasteiger partial charge in [0.05, 0.1) is 12.5 Å². The quantitative estimate of drug-likeness (QED) is 0.287. The molecule has 0 saturated carbocycles. The van der Waals surface area contributed by atoms with Gasteiger partial charge in [0.1, 0.15) is 22.9 Å². The number of nitrogens with one attached hydrogen (secondary N) is 1. The Kier molecular flexibility index (Phi) is 8.52. The van der Waals surface area contributed by atoms with Gasteiger partial charge in [-0.15, -0.1) is 0 Å². The average Bonchev–Trinajstić information content (AvgIpc) is 3.25. The first-order chi connectivity index (χ1) is 20.3. The maximum atomic E-state index is 14.3. The molecule has 0 aromatic heterocycles. The van der Waals surface area contributed by atoms with Crippen molar-refractivity contribution in [1.29, 1.82) is 0 Å². The highest BCUT2D eigenvalue weighted by Gasteiger charge is 2.50. The number of nitrogens with zero attached hydrogens (tertiary/aromatic N) is 2. The molecular weight excluding hydrogens is 530 g/mol. The molecule has 0 radical (unpaired) electrons. The molecule has 216 valence electrons. The maximum Gasteiger partial charge on any atom is 0.305 e. The summed E-state index contributed by atoms with van der Waals surface area (Å²) in [5, 5.41) is 11.5. The van der Waals surface area contributed by atoms with Crippen molar-refractivity contribution in [2.45, 2.75) is 51.2 Å². The fourth-order valence-corrected chi connectivity index (χ4v) is 5.82. The van der Waals surface area contributed by atoms with E-state index in [1.165, 1.54) is 0 Å². The highest BCUT2D eigenvalue weighted by Crippen LogP contribution is 2.45. The number of allylic oxidation sites excluding steroid dienone is 1. The number of carbonyl (C=O) groups is 3. The molecule has 3 atom stereocenters. The van der Waals surface area contributed by atoms with Crippen LogP contribution in [0, 0.1) is 5.92 Å². The molecule has 2 N–H and O–H groups in total. The van der Waals surface area contributed by atoms with Crippen molar-refractivity contribution < 1.29 is 24.2 Å². The number of benzene rings is 3. The Morgan fingerprint density at radius 2 is 1.81 bits per heavy atom. The number of hydrogen-bond acceptors (Lipinski definition) is 5. The average molecular weight is 566 g/mol. The van der Waals surface area contributed by atoms with E-state index in [4.69, 9.17) is 14.8 Å². The van der Waals surface area contributed by atoms with Gasteiger partial charge in [-0.3, -0.25) is 19.4 Å². The van der Waals surface area contributed by atoms with Crippen molar-refractivity contribution >= 4 is 23.5 Å². The highest BCUT2D eigenvalue weighted by atomic mass is 16.5. The molecule has 8 heteroatoms. The summed E-state index contributed by atoms with van der Waals surface area (Å²) in [4.78, 5) is 44.7. The fourth-order valence-electron chi connectivity index (χ4n) is 5.82. The Hall–Kier alpha value is -4.72. The SMILES string of the molecule is CC[C@H](c1ccc(C(=O)NCCC(=O)O)cc1)N1C(=O)C(c2cccc(Oc3ccccc3)c2)=NC12CC=CC(C)C2. The predicted molar refractivity (Wildman–Crippen MR) is 161 cm³/mol. The first kappa shape index (κ1) is 28.8. The van der Waals surface area contributed by atoms with E-state index in [1.54, 1.807) is 12.1 Å². The molecule has 2 aliphatic rings. The molecule has 42 heavy (non-hydrogen) atoms. The number of carbonyl (C=O) groups excluding carboxylic acids is 2. The molecule has 0 bridgehead atoms. The Morgan fingerprint density at radius 3 is 2.50 bits per heavy atom. The van der Waals surface area contributed by atoms with Crippen LogP contribution in [0.1, 0.15) is 67.1 Å². The molecular formula is C34H35N3O5. The lowest BCUT2D eigenvalue weighted by atomic mass is 9.85. The lowest BCUT2D eigenvalue weighted by molar-refractivity contribution is -0.137. The zero-order valence-electron chi connectivity index (χ0n) is 23.8. The first-order valence-electron chi connectivity index (χ1n) is 14.3. The third-order valence-electron chi connectivity index (χ3n) is 7.71. The standard InChI is InChI=1S/C34H35N3O5/c1-3-29(24-14-16-25(17-15-24)32(40)35-20-18-30(38)39)37-33(41)31(36-34(37)19-8-9-23(2)22-34)26-10-7-13-28(21-26)42-27-11-5-4-6-12-27/h4-17,21,23,29H,3,18-20,22H2,1-2H3,(H,35,40)(H,38,39)/t23?,29-,34?/m1/s1. The number of carboxylic acids is 1. The van der Waals surface area contributed by atoms with Crippen LogP contribution in [0.5, 0.6) is 11.5 Å². The van der Waals surface area contributed by atoms with E-state index in [0.29, 0.717) is 47.6 Å². The van der Waals surface area contributed by atoms with Crippen LogP contribution in [0.15, 0.2) is 96.0 Å². The second-order valence-electron chi connectivity index (χ2n) is 10.8. The minimum Gasteiger partial charge on any atom is -0.481 e. The summed E-state index contributed by atoms with van der Waals surface area (Å²) in [6, 6.07) is 23.9. The van der Waals surface area contributed by atoms with Crippen molar-refractivity contribution in [2.75, 3.05) is 6.54 Å². The zero-order chi connectivity index (χ0) is 29.7. The Labute approximate surface area is 245 Å². The van der Waals surface area contributed by atoms with E-state index in [2.05, 4.69) is 24.4 Å². The van der Waals surface area contributed by atoms with Crippen LogP contribution < -0.4 is 10.1 Å². The van der Waals surface area contributed by atoms with Gasteiger partial charge in [0, 0.05) is 24.1 Å². The fraction of sp³-hybridized carbons (Fsp3) is 0.294. The van der Waals surface area contributed by atoms with Gasteiger partial charge in [-0.05, 0) is 60.7 Å². The molecule has 1 aliphatic carbocycles. The van der Waals surface area contributed by atoms with Gasteiger partial charge in [0.2, 0.25) is 0 Å². The van der Waals surface area contributed by atoms with E-state index >= 15 is 0 Å². The monoisotopic (exact) mass is 565 g/mol. The van der Waals surface area contributed by atoms with E-state index < -0.39 is 11.6 Å². The van der Waals surface area contributed by atoms with E-state index in [9.17, 15) is 14.4 Å². The molecule has 2 unspecified atom stereocenters. The van der Waals surface area contributed by atoms with Gasteiger partial charge < -0.3 is 20.1 Å². The van der Waals surface area contributed by atoms with E-state index in [1.807, 2.05) is 78.6 Å². The minimum absolute atomic E-state index is 0.0573. The van der Waals surface area contributed by atoms with Gasteiger partial charge in [0.25, 0.3) is 11.8 Å². The van der Waals surface area contributed by atoms with Gasteiger partial charge >= 0.3 is 5.97 Å². The summed E-state index contributed by atoms with van der Waals surface area (Å²) in [6.45, 7) is 4.24. The molecule has 1 heterocycles. The molecule has 1 spiro atoms. The van der Waals surface area contributed by atoms with Crippen LogP contribution in [0.2, 0.25) is 0 Å². The normalized spacial score (nSPS) is 20.3. The number of rotatable bonds is 10. The molecule has 1 aliphatic heterocycles. The number of ether oxygens (including phenoxy) is 1. The van der Waals surface area contributed by atoms with Crippen LogP contribution in [0.3, 0.4) is 0 Å². The molecule has 3 aromatic rings. The van der Waals surface area contributed by atoms with Crippen LogP contribution in [-0.4, -0.2) is 45.7 Å². The lowest BCUT2D eigenvalue weighted by Crippen LogP contribution is -2.50. The Morgan fingerprint density at radius 1 is 1.07 bits per heavy atom. The molecule has 8 nitrogen and oxygen atoms in total. The number of aliphatic imine (C=N–C) groups is 1. The highest BCUT2D eigenvalue weighted by molar-refractivity contribution is 6.46. The number of carboxylic acid groups (broad SMARTS) is 1. The second-order valence-corrected chi connectivity index (χ2v) is 10.8. The summed E-state index contributed by atoms with van der Waals surface area (Å²) < 4.78 is 6.05. The van der Waals surface area contributed by atoms with Crippen LogP contribution in [0.4, 0.5) is 0 Å². The van der Waals surface area contributed by atoms with E-state index in [-0.39, 0.29) is 36.7 Å². The first-order valence-corrected chi connectivity index (χ1v) is 14.3. The number of hydrogen-bond donors (Lipinski definition) is 2. The van der Waals surface area contributed by atoms with Crippen molar-refractivity contribution in [3.8, 4) is 11.5 Å². The van der Waals surface area contributed by atoms with E-state index in [0.717, 1.165) is 5.56 Å². The molecule has 3 aromatic carbocycles. The Bertz CT molecular complexity index is 1520. The third-order valence-corrected chi connectivity index (χ3v) is 7.71. The summed E-state index contributed by atoms with van der Waals surface area (Å²) in [5.41, 5.74) is 1.75. The topological polar surface area (TPSA) is 108 Å². The molecule has 0 saturated heterocycles. The number of amides is 2. The van der Waals surface area contributed by atoms with Crippen LogP contribution in [-0.2, 0) is 9.59 Å². The van der Waals surface area contributed by atoms with Gasteiger partial charge in [-0.1, -0.05) is 68.5 Å². The largest absolute Gasteiger partial charge is 0.481 e. The van der Waals surface area contributed by atoms with Gasteiger partial charge in [-0.2, -0.15) is 0 Å². The van der Waals surface area contributed by atoms with Crippen molar-refractivity contribution in [2.24, 2.45) is 10.9 Å². The van der Waals surface area contributed by atoms with Crippen LogP contribution in [0.25, 0.3) is 0 Å². The van der Waals surface area contributed by atoms with Gasteiger partial charge in [-0.25, -0.2) is 0 Å². The zero-order valence-corrected chi connectivity index (χ0v) is 23.8. The summed E-state index contributed by atoms with van der Waals surface area (Å²) in [7, 11) is 0. The number of aliphatic carboxylic acids is 1. The smallest absolute Gasteiger partial charge is 0.305 e. The van der Waals surface area contributed by atoms with Crippen molar-refractivity contribution in [3.05, 3.63) is 108 Å². The summed E-state index contributed by atoms with van der Waals surface area (Å²) in [6.07, 6.45) is 6.14. The second kappa shape index (κ2) is 12.4. The predicted octanol–water partition coefficient (Wildman–Crippen LogP) is 6.15. The van der Waals surface area contributed by atoms with Gasteiger partial charge in [0.15, 0.2) is 0 Å². The lowest BCUT2D eigenvalue weighted by Gasteiger charge is -2.43. The van der Waals surface area contributed by atoms with Crippen molar-refractivity contribution in [1.82, 2.24) is 10.2 Å². The third kappa shape index (κ3) is 6.12. The molecule has 2 amide bonds. The minimum atomic E-state index is -0.968. The molecule has 0 fully saturated rings. The maximum absolute atomic E-state index is 14.3. The molecule has 5 rings (SSSR count). The number of para-hydroxylation sites is 1. The summed E-state index contributed by atoms with van der Waals surface area (Å²) >= 11 is 0. The van der Waals surface area contributed by atoms with Crippen molar-refractivity contribution in [3.63, 3.8) is 0 Å². The summed E-state index contributed by atoms with van der Waals surface area (Å²) in [5.74, 6) is 0.158. The Balaban J connectivity index is 1.44.